The lowest BCUT2D eigenvalue weighted by molar-refractivity contribution is 0.0678. The Labute approximate surface area is 127 Å². The van der Waals surface area contributed by atoms with E-state index in [-0.39, 0.29) is 5.91 Å². The summed E-state index contributed by atoms with van der Waals surface area (Å²) >= 11 is 0. The standard InChI is InChI=1S/C17H26N2O2/c1-13-6-7-14(2)16(11-13)17(20)19(9-10-21-3)12-15-5-4-8-18-15/h6-7,11,15,18H,4-5,8-10,12H2,1-3H3. The number of nitrogens with zero attached hydrogens (tertiary/aromatic N) is 1. The quantitative estimate of drug-likeness (QED) is 0.873. The van der Waals surface area contributed by atoms with Crippen LogP contribution in [0.25, 0.3) is 0 Å². The average molecular weight is 290 g/mol. The fourth-order valence-electron chi connectivity index (χ4n) is 2.79. The van der Waals surface area contributed by atoms with Crippen LogP contribution in [0.3, 0.4) is 0 Å². The Balaban J connectivity index is 2.13. The number of methoxy groups -OCH3 is 1. The molecule has 0 saturated carbocycles. The molecule has 1 saturated heterocycles. The van der Waals surface area contributed by atoms with E-state index in [1.165, 1.54) is 6.42 Å². The number of carbonyl (C=O) groups is 1. The summed E-state index contributed by atoms with van der Waals surface area (Å²) in [4.78, 5) is 14.8. The van der Waals surface area contributed by atoms with Gasteiger partial charge in [0.05, 0.1) is 6.61 Å². The van der Waals surface area contributed by atoms with Crippen LogP contribution in [0.4, 0.5) is 0 Å². The van der Waals surface area contributed by atoms with Crippen LogP contribution in [0.1, 0.15) is 34.3 Å². The van der Waals surface area contributed by atoms with Crippen LogP contribution < -0.4 is 5.32 Å². The lowest BCUT2D eigenvalue weighted by Gasteiger charge is -2.26. The van der Waals surface area contributed by atoms with Crippen molar-refractivity contribution in [2.24, 2.45) is 0 Å². The number of aryl methyl sites for hydroxylation is 2. The van der Waals surface area contributed by atoms with E-state index < -0.39 is 0 Å². The van der Waals surface area contributed by atoms with Crippen LogP contribution >= 0.6 is 0 Å². The highest BCUT2D eigenvalue weighted by atomic mass is 16.5. The second-order valence-electron chi connectivity index (χ2n) is 5.86. The SMILES string of the molecule is COCCN(CC1CCCN1)C(=O)c1cc(C)ccc1C. The molecule has 116 valence electrons. The molecule has 1 aromatic rings. The van der Waals surface area contributed by atoms with E-state index in [4.69, 9.17) is 4.74 Å². The first kappa shape index (κ1) is 16.0. The molecule has 0 aromatic heterocycles. The third-order valence-corrected chi connectivity index (χ3v) is 4.08. The fourth-order valence-corrected chi connectivity index (χ4v) is 2.79. The minimum Gasteiger partial charge on any atom is -0.383 e. The highest BCUT2D eigenvalue weighted by Crippen LogP contribution is 2.15. The van der Waals surface area contributed by atoms with Gasteiger partial charge in [-0.1, -0.05) is 17.7 Å². The molecular formula is C17H26N2O2. The smallest absolute Gasteiger partial charge is 0.254 e. The summed E-state index contributed by atoms with van der Waals surface area (Å²) in [5, 5.41) is 3.46. The lowest BCUT2D eigenvalue weighted by atomic mass is 10.0. The van der Waals surface area contributed by atoms with Gasteiger partial charge >= 0.3 is 0 Å². The summed E-state index contributed by atoms with van der Waals surface area (Å²) in [6.07, 6.45) is 2.34. The summed E-state index contributed by atoms with van der Waals surface area (Å²) in [5.41, 5.74) is 2.96. The number of ether oxygens (including phenoxy) is 1. The van der Waals surface area contributed by atoms with Crippen molar-refractivity contribution in [3.63, 3.8) is 0 Å². The Morgan fingerprint density at radius 1 is 1.43 bits per heavy atom. The fraction of sp³-hybridized carbons (Fsp3) is 0.588. The number of rotatable bonds is 6. The van der Waals surface area contributed by atoms with Gasteiger partial charge < -0.3 is 15.0 Å². The molecule has 2 rings (SSSR count). The molecule has 0 radical (unpaired) electrons. The van der Waals surface area contributed by atoms with Crippen LogP contribution in [0.5, 0.6) is 0 Å². The van der Waals surface area contributed by atoms with E-state index in [1.807, 2.05) is 36.9 Å². The number of amides is 1. The normalized spacial score (nSPS) is 18.0. The van der Waals surface area contributed by atoms with Crippen LogP contribution in [-0.2, 0) is 4.74 Å². The van der Waals surface area contributed by atoms with Crippen LogP contribution in [0.2, 0.25) is 0 Å². The summed E-state index contributed by atoms with van der Waals surface area (Å²) in [7, 11) is 1.67. The van der Waals surface area contributed by atoms with Gasteiger partial charge in [-0.15, -0.1) is 0 Å². The van der Waals surface area contributed by atoms with E-state index in [0.717, 1.165) is 36.2 Å². The molecule has 4 nitrogen and oxygen atoms in total. The molecule has 1 amide bonds. The topological polar surface area (TPSA) is 41.6 Å². The van der Waals surface area contributed by atoms with Crippen molar-refractivity contribution >= 4 is 5.91 Å². The molecule has 1 atom stereocenters. The van der Waals surface area contributed by atoms with Crippen LogP contribution in [0, 0.1) is 13.8 Å². The van der Waals surface area contributed by atoms with Gasteiger partial charge in [0.15, 0.2) is 0 Å². The van der Waals surface area contributed by atoms with Gasteiger partial charge in [-0.25, -0.2) is 0 Å². The number of nitrogens with one attached hydrogen (secondary N) is 1. The molecule has 1 unspecified atom stereocenters. The van der Waals surface area contributed by atoms with Gasteiger partial charge in [0.2, 0.25) is 0 Å². The highest BCUT2D eigenvalue weighted by molar-refractivity contribution is 5.95. The van der Waals surface area contributed by atoms with E-state index in [1.54, 1.807) is 7.11 Å². The third kappa shape index (κ3) is 4.29. The van der Waals surface area contributed by atoms with E-state index >= 15 is 0 Å². The Morgan fingerprint density at radius 2 is 2.24 bits per heavy atom. The second kappa shape index (κ2) is 7.57. The second-order valence-corrected chi connectivity index (χ2v) is 5.86. The molecule has 0 aliphatic carbocycles. The molecular weight excluding hydrogens is 264 g/mol. The van der Waals surface area contributed by atoms with Crippen LogP contribution in [0.15, 0.2) is 18.2 Å². The van der Waals surface area contributed by atoms with Crippen LogP contribution in [-0.4, -0.2) is 50.2 Å². The van der Waals surface area contributed by atoms with E-state index in [0.29, 0.717) is 19.2 Å². The summed E-state index contributed by atoms with van der Waals surface area (Å²) in [5.74, 6) is 0.113. The largest absolute Gasteiger partial charge is 0.383 e. The van der Waals surface area contributed by atoms with Gasteiger partial charge in [0.25, 0.3) is 5.91 Å². The zero-order valence-corrected chi connectivity index (χ0v) is 13.3. The number of benzene rings is 1. The molecule has 21 heavy (non-hydrogen) atoms. The zero-order valence-electron chi connectivity index (χ0n) is 13.3. The van der Waals surface area contributed by atoms with E-state index in [2.05, 4.69) is 5.32 Å². The van der Waals surface area contributed by atoms with Gasteiger partial charge in [-0.2, -0.15) is 0 Å². The van der Waals surface area contributed by atoms with Crippen molar-refractivity contribution in [1.82, 2.24) is 10.2 Å². The van der Waals surface area contributed by atoms with Crippen molar-refractivity contribution in [2.75, 3.05) is 33.4 Å². The maximum atomic E-state index is 12.9. The minimum atomic E-state index is 0.113. The molecule has 4 heteroatoms. The van der Waals surface area contributed by atoms with Gasteiger partial charge in [-0.3, -0.25) is 4.79 Å². The summed E-state index contributed by atoms with van der Waals surface area (Å²) in [6, 6.07) is 6.46. The van der Waals surface area contributed by atoms with Gasteiger partial charge in [-0.05, 0) is 44.9 Å². The number of hydrogen-bond donors (Lipinski definition) is 1. The molecule has 1 aromatic carbocycles. The molecule has 1 N–H and O–H groups in total. The van der Waals surface area contributed by atoms with Gasteiger partial charge in [0.1, 0.15) is 0 Å². The molecule has 1 fully saturated rings. The Kier molecular flexibility index (Phi) is 5.76. The first-order chi connectivity index (χ1) is 10.1. The molecule has 1 aliphatic rings. The zero-order chi connectivity index (χ0) is 15.2. The predicted octanol–water partition coefficient (Wildman–Crippen LogP) is 2.14. The third-order valence-electron chi connectivity index (χ3n) is 4.08. The summed E-state index contributed by atoms with van der Waals surface area (Å²) in [6.45, 7) is 7.05. The van der Waals surface area contributed by atoms with Crippen molar-refractivity contribution in [3.8, 4) is 0 Å². The van der Waals surface area contributed by atoms with Gasteiger partial charge in [0, 0.05) is 31.8 Å². The van der Waals surface area contributed by atoms with Crippen molar-refractivity contribution in [3.05, 3.63) is 34.9 Å². The number of hydrogen-bond acceptors (Lipinski definition) is 3. The van der Waals surface area contributed by atoms with E-state index in [9.17, 15) is 4.79 Å². The Bertz CT molecular complexity index is 482. The highest BCUT2D eigenvalue weighted by Gasteiger charge is 2.23. The monoisotopic (exact) mass is 290 g/mol. The maximum absolute atomic E-state index is 12.9. The lowest BCUT2D eigenvalue weighted by Crippen LogP contribution is -2.42. The van der Waals surface area contributed by atoms with Crippen molar-refractivity contribution in [1.29, 1.82) is 0 Å². The molecule has 1 aliphatic heterocycles. The van der Waals surface area contributed by atoms with Crippen molar-refractivity contribution in [2.45, 2.75) is 32.7 Å². The molecule has 0 spiro atoms. The first-order valence-electron chi connectivity index (χ1n) is 7.70. The molecule has 0 bridgehead atoms. The average Bonchev–Trinajstić information content (AvgIpc) is 2.98. The van der Waals surface area contributed by atoms with Crippen molar-refractivity contribution < 1.29 is 9.53 Å². The Hall–Kier alpha value is -1.39. The number of carbonyl (C=O) groups excluding carboxylic acids is 1. The first-order valence-corrected chi connectivity index (χ1v) is 7.70. The Morgan fingerprint density at radius 3 is 2.90 bits per heavy atom. The predicted molar refractivity (Wildman–Crippen MR) is 84.7 cm³/mol. The summed E-state index contributed by atoms with van der Waals surface area (Å²) < 4.78 is 5.16. The molecule has 1 heterocycles. The maximum Gasteiger partial charge on any atom is 0.254 e. The minimum absolute atomic E-state index is 0.113.